The molecule has 6 rings (SSSR count). The summed E-state index contributed by atoms with van der Waals surface area (Å²) in [6, 6.07) is 0.121. The number of ether oxygens (including phenoxy) is 1. The van der Waals surface area contributed by atoms with Gasteiger partial charge in [-0.3, -0.25) is 0 Å². The van der Waals surface area contributed by atoms with Gasteiger partial charge in [0.25, 0.3) is 0 Å². The molecule has 3 aromatic rings. The van der Waals surface area contributed by atoms with Gasteiger partial charge in [0, 0.05) is 29.9 Å². The van der Waals surface area contributed by atoms with E-state index in [1.54, 1.807) is 0 Å². The number of aliphatic hydroxyl groups is 4. The van der Waals surface area contributed by atoms with Crippen LogP contribution in [0.15, 0.2) is 22.9 Å². The number of rotatable bonds is 10. The first-order valence-corrected chi connectivity index (χ1v) is 16.6. The molecule has 0 spiro atoms. The average molecular weight is 689 g/mol. The van der Waals surface area contributed by atoms with Crippen molar-refractivity contribution in [2.45, 2.75) is 111 Å². The number of nitrogens with zero attached hydrogens (tertiary/aromatic N) is 4. The molecule has 0 amide bonds. The van der Waals surface area contributed by atoms with E-state index in [1.807, 2.05) is 13.8 Å². The molecule has 16 heteroatoms. The minimum Gasteiger partial charge on any atom is -0.394 e. The predicted octanol–water partition coefficient (Wildman–Crippen LogP) is 4.82. The molecule has 0 radical (unpaired) electrons. The highest BCUT2D eigenvalue weighted by Gasteiger charge is 2.53. The van der Waals surface area contributed by atoms with Crippen molar-refractivity contribution in [2.24, 2.45) is 5.92 Å². The van der Waals surface area contributed by atoms with Gasteiger partial charge in [-0.05, 0) is 50.2 Å². The molecule has 3 fully saturated rings. The summed E-state index contributed by atoms with van der Waals surface area (Å²) >= 11 is 0.933. The second kappa shape index (κ2) is 13.0. The highest BCUT2D eigenvalue weighted by Crippen LogP contribution is 2.54. The van der Waals surface area contributed by atoms with Crippen molar-refractivity contribution in [3.8, 4) is 11.3 Å². The second-order valence-electron chi connectivity index (χ2n) is 13.3. The molecular weight excluding hydrogens is 651 g/mol. The van der Waals surface area contributed by atoms with E-state index in [1.165, 1.54) is 6.20 Å². The van der Waals surface area contributed by atoms with Gasteiger partial charge in [-0.25, -0.2) is 26.6 Å². The van der Waals surface area contributed by atoms with Crippen molar-refractivity contribution in [1.29, 1.82) is 0 Å². The quantitative estimate of drug-likeness (QED) is 0.173. The van der Waals surface area contributed by atoms with Gasteiger partial charge >= 0.3 is 0 Å². The van der Waals surface area contributed by atoms with E-state index in [9.17, 15) is 42.4 Å². The number of aliphatic hydroxyl groups excluding tert-OH is 3. The van der Waals surface area contributed by atoms with E-state index in [0.717, 1.165) is 47.0 Å². The van der Waals surface area contributed by atoms with Gasteiger partial charge < -0.3 is 29.7 Å². The lowest BCUT2D eigenvalue weighted by atomic mass is 9.78. The number of thioether (sulfide) groups is 1. The molecule has 2 saturated carbocycles. The Kier molecular flexibility index (Phi) is 9.48. The molecule has 1 aromatic carbocycles. The molecule has 6 atom stereocenters. The maximum absolute atomic E-state index is 14.3. The maximum Gasteiger partial charge on any atom is 0.248 e. The van der Waals surface area contributed by atoms with Crippen LogP contribution in [0.3, 0.4) is 0 Å². The molecule has 3 aliphatic rings. The molecule has 0 bridgehead atoms. The lowest BCUT2D eigenvalue weighted by Gasteiger charge is -2.46. The molecule has 10 nitrogen and oxygen atoms in total. The van der Waals surface area contributed by atoms with Crippen LogP contribution in [0, 0.1) is 23.4 Å². The van der Waals surface area contributed by atoms with E-state index in [4.69, 9.17) is 9.26 Å². The Morgan fingerprint density at radius 1 is 1.04 bits per heavy atom. The van der Waals surface area contributed by atoms with Crippen molar-refractivity contribution in [3.05, 3.63) is 52.8 Å². The summed E-state index contributed by atoms with van der Waals surface area (Å²) < 4.78 is 82.9. The average Bonchev–Trinajstić information content (AvgIpc) is 3.61. The zero-order chi connectivity index (χ0) is 33.8. The van der Waals surface area contributed by atoms with Gasteiger partial charge in [-0.2, -0.15) is 0 Å². The van der Waals surface area contributed by atoms with E-state index < -0.39 is 83.5 Å². The van der Waals surface area contributed by atoms with Crippen molar-refractivity contribution in [2.75, 3.05) is 6.61 Å². The van der Waals surface area contributed by atoms with Gasteiger partial charge in [-0.15, -0.1) is 16.9 Å². The fraction of sp³-hybridized carbons (Fsp3) is 0.645. The first-order chi connectivity index (χ1) is 22.2. The van der Waals surface area contributed by atoms with Crippen molar-refractivity contribution < 1.29 is 51.6 Å². The molecule has 1 aliphatic heterocycles. The third-order valence-electron chi connectivity index (χ3n) is 9.21. The SMILES string of the molecule is CC(C)Cc1c([C@@H](S[C@@H]2O[C@H](CO)[C@H](O)[C@H](n3cc(-c4cc(F)c(F)c(F)c4)nn3)[C@H]2O)C2(O)CCC(F)(F)CC2)noc1C1CC1. The lowest BCUT2D eigenvalue weighted by Crippen LogP contribution is -2.55. The second-order valence-corrected chi connectivity index (χ2v) is 14.5. The van der Waals surface area contributed by atoms with Gasteiger partial charge in [0.15, 0.2) is 17.5 Å². The minimum atomic E-state index is -2.95. The van der Waals surface area contributed by atoms with Gasteiger partial charge in [0.05, 0.1) is 23.7 Å². The van der Waals surface area contributed by atoms with Crippen molar-refractivity contribution in [1.82, 2.24) is 20.2 Å². The molecule has 2 aromatic heterocycles. The monoisotopic (exact) mass is 688 g/mol. The lowest BCUT2D eigenvalue weighted by molar-refractivity contribution is -0.179. The number of aromatic nitrogens is 4. The molecular formula is C31H37F5N4O6S. The third-order valence-corrected chi connectivity index (χ3v) is 10.8. The fourth-order valence-corrected chi connectivity index (χ4v) is 8.06. The third kappa shape index (κ3) is 6.81. The topological polar surface area (TPSA) is 147 Å². The summed E-state index contributed by atoms with van der Waals surface area (Å²) in [6.07, 6.45) is -2.50. The number of hydrogen-bond acceptors (Lipinski definition) is 10. The Balaban J connectivity index is 1.35. The summed E-state index contributed by atoms with van der Waals surface area (Å²) in [4.78, 5) is 0. The van der Waals surface area contributed by atoms with Crippen LogP contribution in [0.25, 0.3) is 11.3 Å². The van der Waals surface area contributed by atoms with Crippen molar-refractivity contribution >= 4 is 11.8 Å². The van der Waals surface area contributed by atoms with E-state index in [2.05, 4.69) is 15.5 Å². The molecule has 47 heavy (non-hydrogen) atoms. The number of halogens is 5. The van der Waals surface area contributed by atoms with E-state index in [0.29, 0.717) is 17.9 Å². The summed E-state index contributed by atoms with van der Waals surface area (Å²) in [6.45, 7) is 3.34. The zero-order valence-corrected chi connectivity index (χ0v) is 26.5. The van der Waals surface area contributed by atoms with Crippen molar-refractivity contribution in [3.63, 3.8) is 0 Å². The first kappa shape index (κ1) is 34.2. The van der Waals surface area contributed by atoms with Crippen LogP contribution in [-0.4, -0.2) is 82.5 Å². The van der Waals surface area contributed by atoms with Crippen LogP contribution >= 0.6 is 11.8 Å². The predicted molar refractivity (Wildman–Crippen MR) is 158 cm³/mol. The summed E-state index contributed by atoms with van der Waals surface area (Å²) in [7, 11) is 0. The van der Waals surface area contributed by atoms with Crippen LogP contribution < -0.4 is 0 Å². The van der Waals surface area contributed by atoms with E-state index >= 15 is 0 Å². The molecule has 3 heterocycles. The maximum atomic E-state index is 14.3. The fourth-order valence-electron chi connectivity index (χ4n) is 6.46. The zero-order valence-electron chi connectivity index (χ0n) is 25.7. The van der Waals surface area contributed by atoms with Gasteiger partial charge in [0.2, 0.25) is 5.92 Å². The highest BCUT2D eigenvalue weighted by atomic mass is 32.2. The molecule has 4 N–H and O–H groups in total. The van der Waals surface area contributed by atoms with Crippen LogP contribution in [0.1, 0.15) is 86.6 Å². The Hall–Kier alpha value is -2.63. The summed E-state index contributed by atoms with van der Waals surface area (Å²) in [5.41, 5.74) is -2.05. The number of alkyl halides is 2. The van der Waals surface area contributed by atoms with Gasteiger partial charge in [0.1, 0.15) is 46.9 Å². The minimum absolute atomic E-state index is 0.0951. The molecule has 258 valence electrons. The number of hydrogen-bond donors (Lipinski definition) is 4. The van der Waals surface area contributed by atoms with Crippen LogP contribution in [0.5, 0.6) is 0 Å². The largest absolute Gasteiger partial charge is 0.394 e. The summed E-state index contributed by atoms with van der Waals surface area (Å²) in [5, 5.41) is 56.1. The Morgan fingerprint density at radius 2 is 1.70 bits per heavy atom. The highest BCUT2D eigenvalue weighted by molar-refractivity contribution is 8.00. The van der Waals surface area contributed by atoms with Crippen LogP contribution in [0.2, 0.25) is 0 Å². The van der Waals surface area contributed by atoms with Crippen LogP contribution in [0.4, 0.5) is 22.0 Å². The Bertz CT molecular complexity index is 1550. The standard InChI is InChI=1S/C31H37F5N4O6S/c1-14(2)9-17-23(38-46-27(17)15-3-4-15)28(30(44)5-7-31(35,36)8-6-30)47-29-26(43)24(25(42)21(13-41)45-29)40-12-20(37-39-40)16-10-18(32)22(34)19(33)11-16/h10-12,14-15,21,24-26,28-29,41-44H,3-9,13H2,1-2H3/t21-,24+,25+,26-,28-,29+/m1/s1. The van der Waals surface area contributed by atoms with Gasteiger partial charge in [-0.1, -0.05) is 24.2 Å². The molecule has 0 unspecified atom stereocenters. The molecule has 2 aliphatic carbocycles. The van der Waals surface area contributed by atoms with E-state index in [-0.39, 0.29) is 35.9 Å². The normalized spacial score (nSPS) is 28.1. The smallest absolute Gasteiger partial charge is 0.248 e. The number of benzene rings is 1. The summed E-state index contributed by atoms with van der Waals surface area (Å²) in [5.74, 6) is -6.48. The Morgan fingerprint density at radius 3 is 2.30 bits per heavy atom. The first-order valence-electron chi connectivity index (χ1n) is 15.6. The Labute approximate surface area is 271 Å². The molecule has 1 saturated heterocycles. The van der Waals surface area contributed by atoms with Crippen LogP contribution in [-0.2, 0) is 11.2 Å².